The predicted molar refractivity (Wildman–Crippen MR) is 95.5 cm³/mol. The van der Waals surface area contributed by atoms with Crippen LogP contribution in [0.15, 0.2) is 53.4 Å². The smallest absolute Gasteiger partial charge is 0.228 e. The van der Waals surface area contributed by atoms with Crippen molar-refractivity contribution in [2.24, 2.45) is 5.92 Å². The van der Waals surface area contributed by atoms with Crippen LogP contribution in [-0.2, 0) is 9.59 Å². The van der Waals surface area contributed by atoms with Gasteiger partial charge in [0.2, 0.25) is 11.8 Å². The molecule has 1 heterocycles. The minimum Gasteiger partial charge on any atom is -0.497 e. The zero-order chi connectivity index (χ0) is 16.9. The average Bonchev–Trinajstić information content (AvgIpc) is 2.74. The average molecular weight is 342 g/mol. The molecule has 1 aliphatic heterocycles. The molecule has 0 radical (unpaired) electrons. The highest BCUT2D eigenvalue weighted by atomic mass is 32.2. The number of carbonyl (C=O) groups excluding carboxylic acids is 2. The van der Waals surface area contributed by atoms with E-state index in [0.29, 0.717) is 17.2 Å². The van der Waals surface area contributed by atoms with Crippen LogP contribution in [0.4, 0.5) is 11.4 Å². The molecule has 2 aromatic carbocycles. The molecule has 0 aromatic heterocycles. The van der Waals surface area contributed by atoms with Crippen molar-refractivity contribution in [3.63, 3.8) is 0 Å². The van der Waals surface area contributed by atoms with E-state index in [4.69, 9.17) is 4.74 Å². The fourth-order valence-electron chi connectivity index (χ4n) is 2.48. The minimum absolute atomic E-state index is 0.117. The van der Waals surface area contributed by atoms with Gasteiger partial charge in [-0.3, -0.25) is 9.59 Å². The Bertz CT molecular complexity index is 763. The highest BCUT2D eigenvalue weighted by Gasteiger charge is 2.26. The fraction of sp³-hybridized carbons (Fsp3) is 0.222. The Kier molecular flexibility index (Phi) is 5.05. The Morgan fingerprint density at radius 1 is 1.29 bits per heavy atom. The molecule has 2 N–H and O–H groups in total. The topological polar surface area (TPSA) is 67.4 Å². The van der Waals surface area contributed by atoms with E-state index >= 15 is 0 Å². The van der Waals surface area contributed by atoms with E-state index in [1.807, 2.05) is 30.3 Å². The van der Waals surface area contributed by atoms with Gasteiger partial charge in [-0.2, -0.15) is 0 Å². The molecule has 0 saturated heterocycles. The second-order valence-corrected chi connectivity index (χ2v) is 6.54. The van der Waals surface area contributed by atoms with E-state index in [9.17, 15) is 9.59 Å². The number of hydrogen-bond donors (Lipinski definition) is 2. The summed E-state index contributed by atoms with van der Waals surface area (Å²) >= 11 is 1.59. The number of ether oxygens (including phenoxy) is 1. The maximum absolute atomic E-state index is 12.3. The van der Waals surface area contributed by atoms with Gasteiger partial charge in [0.05, 0.1) is 18.7 Å². The van der Waals surface area contributed by atoms with Crippen molar-refractivity contribution in [2.45, 2.75) is 11.3 Å². The van der Waals surface area contributed by atoms with Gasteiger partial charge in [0.25, 0.3) is 0 Å². The van der Waals surface area contributed by atoms with Crippen LogP contribution in [0.5, 0.6) is 5.75 Å². The number of methoxy groups -OCH3 is 1. The second kappa shape index (κ2) is 7.40. The van der Waals surface area contributed by atoms with Crippen LogP contribution in [0, 0.1) is 5.92 Å². The largest absolute Gasteiger partial charge is 0.497 e. The van der Waals surface area contributed by atoms with Crippen LogP contribution in [0.3, 0.4) is 0 Å². The Morgan fingerprint density at radius 3 is 2.96 bits per heavy atom. The molecule has 0 spiro atoms. The van der Waals surface area contributed by atoms with Crippen LogP contribution in [-0.4, -0.2) is 24.7 Å². The van der Waals surface area contributed by atoms with Gasteiger partial charge in [0, 0.05) is 28.8 Å². The van der Waals surface area contributed by atoms with Crippen LogP contribution < -0.4 is 15.4 Å². The van der Waals surface area contributed by atoms with Crippen molar-refractivity contribution < 1.29 is 14.3 Å². The maximum atomic E-state index is 12.3. The van der Waals surface area contributed by atoms with Crippen LogP contribution in [0.1, 0.15) is 6.42 Å². The summed E-state index contributed by atoms with van der Waals surface area (Å²) in [7, 11) is 1.58. The number of hydrogen-bond acceptors (Lipinski definition) is 4. The molecule has 1 aliphatic rings. The first kappa shape index (κ1) is 16.4. The number of thioether (sulfide) groups is 1. The number of benzene rings is 2. The Hall–Kier alpha value is -2.47. The summed E-state index contributed by atoms with van der Waals surface area (Å²) < 4.78 is 5.14. The van der Waals surface area contributed by atoms with E-state index in [-0.39, 0.29) is 24.2 Å². The highest BCUT2D eigenvalue weighted by Crippen LogP contribution is 2.33. The second-order valence-electron chi connectivity index (χ2n) is 5.48. The van der Waals surface area contributed by atoms with Crippen molar-refractivity contribution in [1.82, 2.24) is 0 Å². The Labute approximate surface area is 144 Å². The number of anilines is 2. The molecule has 6 heteroatoms. The molecule has 2 aromatic rings. The van der Waals surface area contributed by atoms with Crippen LogP contribution >= 0.6 is 11.8 Å². The van der Waals surface area contributed by atoms with Gasteiger partial charge >= 0.3 is 0 Å². The number of rotatable bonds is 4. The fourth-order valence-corrected chi connectivity index (χ4v) is 3.58. The molecule has 124 valence electrons. The molecular weight excluding hydrogens is 324 g/mol. The Morgan fingerprint density at radius 2 is 2.12 bits per heavy atom. The third kappa shape index (κ3) is 3.89. The Balaban J connectivity index is 1.63. The maximum Gasteiger partial charge on any atom is 0.228 e. The van der Waals surface area contributed by atoms with Crippen molar-refractivity contribution in [1.29, 1.82) is 0 Å². The predicted octanol–water partition coefficient (Wildman–Crippen LogP) is 3.38. The number of fused-ring (bicyclic) bond motifs is 1. The lowest BCUT2D eigenvalue weighted by Gasteiger charge is -2.13. The van der Waals surface area contributed by atoms with Crippen molar-refractivity contribution in [3.8, 4) is 5.75 Å². The first-order valence-corrected chi connectivity index (χ1v) is 8.61. The van der Waals surface area contributed by atoms with Gasteiger partial charge in [-0.05, 0) is 24.3 Å². The molecular formula is C18H18N2O3S. The normalized spacial score (nSPS) is 16.5. The highest BCUT2D eigenvalue weighted by molar-refractivity contribution is 7.99. The molecule has 3 rings (SSSR count). The molecule has 0 saturated carbocycles. The van der Waals surface area contributed by atoms with Crippen LogP contribution in [0.2, 0.25) is 0 Å². The monoisotopic (exact) mass is 342 g/mol. The van der Waals surface area contributed by atoms with E-state index in [1.165, 1.54) is 0 Å². The van der Waals surface area contributed by atoms with E-state index < -0.39 is 0 Å². The lowest BCUT2D eigenvalue weighted by Crippen LogP contribution is -2.27. The molecule has 0 bridgehead atoms. The van der Waals surface area contributed by atoms with Gasteiger partial charge in [-0.25, -0.2) is 0 Å². The minimum atomic E-state index is -0.368. The molecule has 1 atom stereocenters. The third-order valence-electron chi connectivity index (χ3n) is 3.74. The molecule has 2 amide bonds. The van der Waals surface area contributed by atoms with Crippen molar-refractivity contribution in [3.05, 3.63) is 48.5 Å². The standard InChI is InChI=1S/C18H18N2O3S/c1-23-14-6-4-5-13(10-14)19-17(21)9-12-11-24-16-8-3-2-7-15(16)20-18(12)22/h2-8,10,12H,9,11H2,1H3,(H,19,21)(H,20,22)/t12-/m0/s1. The SMILES string of the molecule is COc1cccc(NC(=O)C[C@H]2CSc3ccccc3NC2=O)c1. The van der Waals surface area contributed by atoms with Gasteiger partial charge < -0.3 is 15.4 Å². The van der Waals surface area contributed by atoms with Gasteiger partial charge in [0.15, 0.2) is 0 Å². The van der Waals surface area contributed by atoms with Gasteiger partial charge in [-0.15, -0.1) is 11.8 Å². The number of para-hydroxylation sites is 1. The summed E-state index contributed by atoms with van der Waals surface area (Å²) in [4.78, 5) is 25.6. The zero-order valence-corrected chi connectivity index (χ0v) is 14.1. The molecule has 24 heavy (non-hydrogen) atoms. The summed E-state index contributed by atoms with van der Waals surface area (Å²) in [5, 5.41) is 5.72. The van der Waals surface area contributed by atoms with Crippen LogP contribution in [0.25, 0.3) is 0 Å². The zero-order valence-electron chi connectivity index (χ0n) is 13.2. The van der Waals surface area contributed by atoms with Gasteiger partial charge in [0.1, 0.15) is 5.75 Å². The summed E-state index contributed by atoms with van der Waals surface area (Å²) in [6.45, 7) is 0. The summed E-state index contributed by atoms with van der Waals surface area (Å²) in [5.41, 5.74) is 1.47. The van der Waals surface area contributed by atoms with E-state index in [2.05, 4.69) is 10.6 Å². The third-order valence-corrected chi connectivity index (χ3v) is 4.98. The summed E-state index contributed by atoms with van der Waals surface area (Å²) in [5.74, 6) is 0.580. The number of nitrogens with one attached hydrogen (secondary N) is 2. The first-order chi connectivity index (χ1) is 11.7. The molecule has 5 nitrogen and oxygen atoms in total. The summed E-state index contributed by atoms with van der Waals surface area (Å²) in [6.07, 6.45) is 0.143. The van der Waals surface area contributed by atoms with Crippen molar-refractivity contribution in [2.75, 3.05) is 23.5 Å². The molecule has 0 fully saturated rings. The van der Waals surface area contributed by atoms with E-state index in [0.717, 1.165) is 10.6 Å². The first-order valence-electron chi connectivity index (χ1n) is 7.62. The molecule has 0 aliphatic carbocycles. The quantitative estimate of drug-likeness (QED) is 0.894. The lowest BCUT2D eigenvalue weighted by molar-refractivity contribution is -0.124. The molecule has 0 unspecified atom stereocenters. The summed E-state index contributed by atoms with van der Waals surface area (Å²) in [6, 6.07) is 14.8. The lowest BCUT2D eigenvalue weighted by atomic mass is 10.1. The number of carbonyl (C=O) groups is 2. The van der Waals surface area contributed by atoms with E-state index in [1.54, 1.807) is 37.1 Å². The number of amides is 2. The van der Waals surface area contributed by atoms with Gasteiger partial charge in [-0.1, -0.05) is 18.2 Å². The van der Waals surface area contributed by atoms with Crippen molar-refractivity contribution >= 4 is 35.0 Å².